The fourth-order valence-corrected chi connectivity index (χ4v) is 3.06. The molecule has 0 amide bonds. The maximum atomic E-state index is 12.3. The Labute approximate surface area is 109 Å². The van der Waals surface area contributed by atoms with Crippen molar-refractivity contribution in [2.45, 2.75) is 25.3 Å². The molecule has 0 heterocycles. The summed E-state index contributed by atoms with van der Waals surface area (Å²) in [7, 11) is -3.53. The predicted molar refractivity (Wildman–Crippen MR) is 72.3 cm³/mol. The van der Waals surface area contributed by atoms with Gasteiger partial charge in [-0.05, 0) is 30.2 Å². The maximum Gasteiger partial charge on any atom is 0.243 e. The Kier molecular flexibility index (Phi) is 4.91. The number of sulfonamides is 1. The quantitative estimate of drug-likeness (QED) is 0.812. The Morgan fingerprint density at radius 1 is 1.44 bits per heavy atom. The number of hydrogen-bond donors (Lipinski definition) is 1. The van der Waals surface area contributed by atoms with Gasteiger partial charge in [0.25, 0.3) is 0 Å². The summed E-state index contributed by atoms with van der Waals surface area (Å²) in [4.78, 5) is 0.241. The first-order valence-corrected chi connectivity index (χ1v) is 7.14. The standard InChI is InChI=1S/C13H18N2O2S/c1-4-8-15(5-2)18(16,17)13-7-6-11(3)12(9-13)10-14/h1,6-7,9H,5,8,10,14H2,2-3H3. The van der Waals surface area contributed by atoms with Crippen molar-refractivity contribution < 1.29 is 8.42 Å². The number of hydrogen-bond acceptors (Lipinski definition) is 3. The van der Waals surface area contributed by atoms with Gasteiger partial charge in [0.2, 0.25) is 10.0 Å². The molecule has 0 aromatic heterocycles. The largest absolute Gasteiger partial charge is 0.326 e. The highest BCUT2D eigenvalue weighted by molar-refractivity contribution is 7.89. The van der Waals surface area contributed by atoms with Crippen LogP contribution in [0.15, 0.2) is 23.1 Å². The van der Waals surface area contributed by atoms with Gasteiger partial charge < -0.3 is 5.73 Å². The number of terminal acetylenes is 1. The Bertz CT molecular complexity index is 559. The van der Waals surface area contributed by atoms with Gasteiger partial charge in [0, 0.05) is 13.1 Å². The van der Waals surface area contributed by atoms with Gasteiger partial charge in [0.05, 0.1) is 11.4 Å². The lowest BCUT2D eigenvalue weighted by molar-refractivity contribution is 0.464. The molecule has 0 fully saturated rings. The molecule has 0 aliphatic carbocycles. The van der Waals surface area contributed by atoms with E-state index < -0.39 is 10.0 Å². The van der Waals surface area contributed by atoms with Crippen molar-refractivity contribution in [3.63, 3.8) is 0 Å². The Morgan fingerprint density at radius 2 is 2.11 bits per heavy atom. The molecule has 0 atom stereocenters. The molecule has 1 rings (SSSR count). The van der Waals surface area contributed by atoms with Gasteiger partial charge in [-0.3, -0.25) is 0 Å². The van der Waals surface area contributed by atoms with Crippen LogP contribution in [0.25, 0.3) is 0 Å². The lowest BCUT2D eigenvalue weighted by atomic mass is 10.1. The van der Waals surface area contributed by atoms with E-state index in [9.17, 15) is 8.42 Å². The van der Waals surface area contributed by atoms with E-state index >= 15 is 0 Å². The molecule has 1 aromatic carbocycles. The third kappa shape index (κ3) is 2.91. The van der Waals surface area contributed by atoms with E-state index in [4.69, 9.17) is 12.2 Å². The molecular weight excluding hydrogens is 248 g/mol. The second-order valence-corrected chi connectivity index (χ2v) is 5.87. The van der Waals surface area contributed by atoms with E-state index in [-0.39, 0.29) is 11.4 Å². The molecule has 1 aromatic rings. The van der Waals surface area contributed by atoms with Crippen molar-refractivity contribution in [1.29, 1.82) is 0 Å². The summed E-state index contributed by atoms with van der Waals surface area (Å²) in [5, 5.41) is 0. The van der Waals surface area contributed by atoms with Gasteiger partial charge in [-0.1, -0.05) is 18.9 Å². The highest BCUT2D eigenvalue weighted by atomic mass is 32.2. The lowest BCUT2D eigenvalue weighted by Gasteiger charge is -2.18. The summed E-state index contributed by atoms with van der Waals surface area (Å²) in [6, 6.07) is 4.96. The summed E-state index contributed by atoms with van der Waals surface area (Å²) in [6.07, 6.45) is 5.18. The van der Waals surface area contributed by atoms with E-state index in [1.165, 1.54) is 4.31 Å². The molecule has 18 heavy (non-hydrogen) atoms. The van der Waals surface area contributed by atoms with Gasteiger partial charge in [0.15, 0.2) is 0 Å². The van der Waals surface area contributed by atoms with Crippen LogP contribution in [0.3, 0.4) is 0 Å². The molecule has 0 unspecified atom stereocenters. The summed E-state index contributed by atoms with van der Waals surface area (Å²) < 4.78 is 25.9. The SMILES string of the molecule is C#CCN(CC)S(=O)(=O)c1ccc(C)c(CN)c1. The molecule has 4 nitrogen and oxygen atoms in total. The number of rotatable bonds is 5. The van der Waals surface area contributed by atoms with Crippen molar-refractivity contribution >= 4 is 10.0 Å². The predicted octanol–water partition coefficient (Wildman–Crippen LogP) is 1.10. The zero-order valence-electron chi connectivity index (χ0n) is 10.7. The highest BCUT2D eigenvalue weighted by Crippen LogP contribution is 2.19. The van der Waals surface area contributed by atoms with Crippen LogP contribution < -0.4 is 5.73 Å². The Balaban J connectivity index is 3.24. The number of nitrogens with zero attached hydrogens (tertiary/aromatic N) is 1. The number of benzene rings is 1. The van der Waals surface area contributed by atoms with Crippen LogP contribution in [0.2, 0.25) is 0 Å². The first-order chi connectivity index (χ1) is 8.47. The Hall–Kier alpha value is -1.35. The van der Waals surface area contributed by atoms with Crippen molar-refractivity contribution in [1.82, 2.24) is 4.31 Å². The Morgan fingerprint density at radius 3 is 2.61 bits per heavy atom. The second kappa shape index (κ2) is 6.01. The van der Waals surface area contributed by atoms with Crippen LogP contribution in [0.4, 0.5) is 0 Å². The van der Waals surface area contributed by atoms with Crippen LogP contribution in [0, 0.1) is 19.3 Å². The molecule has 2 N–H and O–H groups in total. The third-order valence-electron chi connectivity index (χ3n) is 2.80. The van der Waals surface area contributed by atoms with Gasteiger partial charge in [-0.2, -0.15) is 4.31 Å². The third-order valence-corrected chi connectivity index (χ3v) is 4.72. The van der Waals surface area contributed by atoms with Gasteiger partial charge in [-0.15, -0.1) is 6.42 Å². The first kappa shape index (κ1) is 14.7. The van der Waals surface area contributed by atoms with E-state index in [0.717, 1.165) is 11.1 Å². The van der Waals surface area contributed by atoms with Crippen LogP contribution in [0.1, 0.15) is 18.1 Å². The van der Waals surface area contributed by atoms with Crippen molar-refractivity contribution in [3.05, 3.63) is 29.3 Å². The van der Waals surface area contributed by atoms with Crippen LogP contribution in [-0.2, 0) is 16.6 Å². The molecule has 0 aliphatic heterocycles. The second-order valence-electron chi connectivity index (χ2n) is 3.93. The molecule has 0 bridgehead atoms. The molecule has 98 valence electrons. The topological polar surface area (TPSA) is 63.4 Å². The van der Waals surface area contributed by atoms with E-state index in [1.807, 2.05) is 6.92 Å². The fraction of sp³-hybridized carbons (Fsp3) is 0.385. The zero-order valence-corrected chi connectivity index (χ0v) is 11.5. The molecule has 5 heteroatoms. The van der Waals surface area contributed by atoms with Gasteiger partial charge in [-0.25, -0.2) is 8.42 Å². The lowest BCUT2D eigenvalue weighted by Crippen LogP contribution is -2.31. The number of aryl methyl sites for hydroxylation is 1. The fourth-order valence-electron chi connectivity index (χ4n) is 1.65. The minimum Gasteiger partial charge on any atom is -0.326 e. The maximum absolute atomic E-state index is 12.3. The first-order valence-electron chi connectivity index (χ1n) is 5.70. The summed E-state index contributed by atoms with van der Waals surface area (Å²) in [5.41, 5.74) is 7.40. The van der Waals surface area contributed by atoms with Crippen LogP contribution in [-0.4, -0.2) is 25.8 Å². The van der Waals surface area contributed by atoms with Crippen molar-refractivity contribution in [2.75, 3.05) is 13.1 Å². The summed E-state index contributed by atoms with van der Waals surface area (Å²) in [5.74, 6) is 2.36. The monoisotopic (exact) mass is 266 g/mol. The zero-order chi connectivity index (χ0) is 13.8. The van der Waals surface area contributed by atoms with E-state index in [2.05, 4.69) is 5.92 Å². The average molecular weight is 266 g/mol. The van der Waals surface area contributed by atoms with E-state index in [1.54, 1.807) is 25.1 Å². The molecule has 0 saturated heterocycles. The molecule has 0 radical (unpaired) electrons. The number of nitrogens with two attached hydrogens (primary N) is 1. The van der Waals surface area contributed by atoms with Gasteiger partial charge >= 0.3 is 0 Å². The highest BCUT2D eigenvalue weighted by Gasteiger charge is 2.22. The van der Waals surface area contributed by atoms with E-state index in [0.29, 0.717) is 13.1 Å². The molecule has 0 spiro atoms. The van der Waals surface area contributed by atoms with Crippen LogP contribution in [0.5, 0.6) is 0 Å². The van der Waals surface area contributed by atoms with Gasteiger partial charge in [0.1, 0.15) is 0 Å². The van der Waals surface area contributed by atoms with Crippen molar-refractivity contribution in [3.8, 4) is 12.3 Å². The average Bonchev–Trinajstić information content (AvgIpc) is 2.35. The minimum absolute atomic E-state index is 0.0741. The smallest absolute Gasteiger partial charge is 0.243 e. The van der Waals surface area contributed by atoms with Crippen molar-refractivity contribution in [2.24, 2.45) is 5.73 Å². The summed E-state index contributed by atoms with van der Waals surface area (Å²) >= 11 is 0. The normalized spacial score (nSPS) is 11.5. The molecule has 0 aliphatic rings. The summed E-state index contributed by atoms with van der Waals surface area (Å²) in [6.45, 7) is 4.39. The molecule has 0 saturated carbocycles. The molecular formula is C13H18N2O2S. The minimum atomic E-state index is -3.53. The van der Waals surface area contributed by atoms with Crippen LogP contribution >= 0.6 is 0 Å².